The second-order valence-electron chi connectivity index (χ2n) is 4.26. The Morgan fingerprint density at radius 1 is 1.25 bits per heavy atom. The number of methoxy groups -OCH3 is 1. The van der Waals surface area contributed by atoms with Gasteiger partial charge in [0.25, 0.3) is 0 Å². The highest BCUT2D eigenvalue weighted by atomic mass is 32.1. The molecule has 0 aromatic carbocycles. The van der Waals surface area contributed by atoms with Crippen molar-refractivity contribution in [1.82, 2.24) is 15.0 Å². The molecule has 0 amide bonds. The Balaban J connectivity index is 1.93. The summed E-state index contributed by atoms with van der Waals surface area (Å²) in [7, 11) is 3.48. The summed E-state index contributed by atoms with van der Waals surface area (Å²) in [6.07, 6.45) is 2.44. The van der Waals surface area contributed by atoms with E-state index in [9.17, 15) is 0 Å². The number of hydrogen-bond donors (Lipinski definition) is 1. The summed E-state index contributed by atoms with van der Waals surface area (Å²) in [6, 6.07) is 5.86. The van der Waals surface area contributed by atoms with Gasteiger partial charge >= 0.3 is 0 Å². The third-order valence-corrected chi connectivity index (χ3v) is 3.78. The SMILES string of the molecule is CNc1nc(Cc2ccc(OC)nc2)nc2sccc12. The van der Waals surface area contributed by atoms with E-state index in [0.717, 1.165) is 27.4 Å². The number of aromatic nitrogens is 3. The third-order valence-electron chi connectivity index (χ3n) is 2.98. The third kappa shape index (κ3) is 2.42. The zero-order valence-electron chi connectivity index (χ0n) is 11.3. The van der Waals surface area contributed by atoms with Crippen LogP contribution < -0.4 is 10.1 Å². The van der Waals surface area contributed by atoms with Crippen LogP contribution in [0.3, 0.4) is 0 Å². The smallest absolute Gasteiger partial charge is 0.212 e. The van der Waals surface area contributed by atoms with Crippen LogP contribution >= 0.6 is 11.3 Å². The van der Waals surface area contributed by atoms with Crippen LogP contribution in [0, 0.1) is 0 Å². The van der Waals surface area contributed by atoms with Gasteiger partial charge in [-0.25, -0.2) is 15.0 Å². The standard InChI is InChI=1S/C14H14N4OS/c1-15-13-10-5-6-20-14(10)18-11(17-13)7-9-3-4-12(19-2)16-8-9/h3-6,8H,7H2,1-2H3,(H,15,17,18). The molecular formula is C14H14N4OS. The van der Waals surface area contributed by atoms with E-state index in [0.29, 0.717) is 12.3 Å². The van der Waals surface area contributed by atoms with Crippen molar-refractivity contribution in [3.63, 3.8) is 0 Å². The fourth-order valence-electron chi connectivity index (χ4n) is 1.99. The summed E-state index contributed by atoms with van der Waals surface area (Å²) < 4.78 is 5.05. The van der Waals surface area contributed by atoms with Gasteiger partial charge in [0.1, 0.15) is 16.5 Å². The number of rotatable bonds is 4. The quantitative estimate of drug-likeness (QED) is 0.799. The Morgan fingerprint density at radius 3 is 2.85 bits per heavy atom. The molecule has 0 atom stereocenters. The van der Waals surface area contributed by atoms with Gasteiger partial charge in [0.2, 0.25) is 5.88 Å². The van der Waals surface area contributed by atoms with E-state index in [4.69, 9.17) is 4.74 Å². The van der Waals surface area contributed by atoms with Crippen LogP contribution in [0.2, 0.25) is 0 Å². The molecule has 3 heterocycles. The predicted molar refractivity (Wildman–Crippen MR) is 80.6 cm³/mol. The molecule has 6 heteroatoms. The average Bonchev–Trinajstić information content (AvgIpc) is 2.95. The molecule has 0 aliphatic rings. The summed E-state index contributed by atoms with van der Waals surface area (Å²) in [5, 5.41) is 6.21. The van der Waals surface area contributed by atoms with Gasteiger partial charge in [0, 0.05) is 25.7 Å². The Bertz CT molecular complexity index is 724. The minimum atomic E-state index is 0.610. The van der Waals surface area contributed by atoms with E-state index < -0.39 is 0 Å². The molecule has 20 heavy (non-hydrogen) atoms. The monoisotopic (exact) mass is 286 g/mol. The van der Waals surface area contributed by atoms with E-state index in [-0.39, 0.29) is 0 Å². The minimum Gasteiger partial charge on any atom is -0.481 e. The molecule has 3 rings (SSSR count). The van der Waals surface area contributed by atoms with Crippen molar-refractivity contribution in [2.75, 3.05) is 19.5 Å². The van der Waals surface area contributed by atoms with Gasteiger partial charge in [-0.1, -0.05) is 6.07 Å². The van der Waals surface area contributed by atoms with Gasteiger partial charge in [0.15, 0.2) is 0 Å². The van der Waals surface area contributed by atoms with Crippen molar-refractivity contribution in [1.29, 1.82) is 0 Å². The Morgan fingerprint density at radius 2 is 2.15 bits per heavy atom. The lowest BCUT2D eigenvalue weighted by molar-refractivity contribution is 0.397. The van der Waals surface area contributed by atoms with Crippen molar-refractivity contribution in [2.24, 2.45) is 0 Å². The fraction of sp³-hybridized carbons (Fsp3) is 0.214. The molecule has 0 radical (unpaired) electrons. The number of hydrogen-bond acceptors (Lipinski definition) is 6. The molecule has 3 aromatic heterocycles. The fourth-order valence-corrected chi connectivity index (χ4v) is 2.77. The van der Waals surface area contributed by atoms with Crippen molar-refractivity contribution in [3.05, 3.63) is 41.2 Å². The highest BCUT2D eigenvalue weighted by molar-refractivity contribution is 7.16. The first kappa shape index (κ1) is 12.8. The van der Waals surface area contributed by atoms with Gasteiger partial charge in [-0.2, -0.15) is 0 Å². The maximum atomic E-state index is 5.05. The summed E-state index contributed by atoms with van der Waals surface area (Å²) in [5.41, 5.74) is 1.06. The maximum absolute atomic E-state index is 5.05. The predicted octanol–water partition coefficient (Wildman–Crippen LogP) is 2.73. The lowest BCUT2D eigenvalue weighted by Crippen LogP contribution is -2.01. The molecule has 0 aliphatic carbocycles. The Kier molecular flexibility index (Phi) is 3.47. The van der Waals surface area contributed by atoms with Gasteiger partial charge in [-0.05, 0) is 17.0 Å². The zero-order chi connectivity index (χ0) is 13.9. The molecule has 0 spiro atoms. The highest BCUT2D eigenvalue weighted by Gasteiger charge is 2.08. The molecule has 0 fully saturated rings. The van der Waals surface area contributed by atoms with E-state index in [2.05, 4.69) is 20.3 Å². The summed E-state index contributed by atoms with van der Waals surface area (Å²) >= 11 is 1.62. The van der Waals surface area contributed by atoms with Gasteiger partial charge in [0.05, 0.1) is 12.5 Å². The topological polar surface area (TPSA) is 59.9 Å². The molecule has 3 aromatic rings. The first-order chi connectivity index (χ1) is 9.80. The van der Waals surface area contributed by atoms with Gasteiger partial charge < -0.3 is 10.1 Å². The molecule has 0 unspecified atom stereocenters. The normalized spacial score (nSPS) is 10.7. The molecule has 102 valence electrons. The minimum absolute atomic E-state index is 0.610. The number of pyridine rings is 1. The first-order valence-electron chi connectivity index (χ1n) is 6.21. The second kappa shape index (κ2) is 5.42. The van der Waals surface area contributed by atoms with Crippen LogP contribution in [0.1, 0.15) is 11.4 Å². The number of nitrogens with zero attached hydrogens (tertiary/aromatic N) is 3. The first-order valence-corrected chi connectivity index (χ1v) is 7.09. The van der Waals surface area contributed by atoms with E-state index in [1.807, 2.05) is 30.6 Å². The van der Waals surface area contributed by atoms with E-state index in [1.54, 1.807) is 24.6 Å². The molecule has 0 saturated heterocycles. The number of anilines is 1. The van der Waals surface area contributed by atoms with Crippen molar-refractivity contribution in [2.45, 2.75) is 6.42 Å². The summed E-state index contributed by atoms with van der Waals surface area (Å²) in [5.74, 6) is 2.27. The average molecular weight is 286 g/mol. The molecule has 0 aliphatic heterocycles. The van der Waals surface area contributed by atoms with Crippen LogP contribution in [0.15, 0.2) is 29.8 Å². The van der Waals surface area contributed by atoms with Crippen LogP contribution in [-0.4, -0.2) is 29.1 Å². The number of fused-ring (bicyclic) bond motifs is 1. The van der Waals surface area contributed by atoms with Crippen LogP contribution in [0.4, 0.5) is 5.82 Å². The van der Waals surface area contributed by atoms with Gasteiger partial charge in [-0.3, -0.25) is 0 Å². The van der Waals surface area contributed by atoms with Crippen LogP contribution in [-0.2, 0) is 6.42 Å². The van der Waals surface area contributed by atoms with Crippen LogP contribution in [0.25, 0.3) is 10.2 Å². The largest absolute Gasteiger partial charge is 0.481 e. The molecule has 0 saturated carbocycles. The number of ether oxygens (including phenoxy) is 1. The lowest BCUT2D eigenvalue weighted by Gasteiger charge is -2.06. The van der Waals surface area contributed by atoms with E-state index >= 15 is 0 Å². The number of nitrogens with one attached hydrogen (secondary N) is 1. The van der Waals surface area contributed by atoms with E-state index in [1.165, 1.54) is 0 Å². The Hall–Kier alpha value is -2.21. The maximum Gasteiger partial charge on any atom is 0.212 e. The van der Waals surface area contributed by atoms with Crippen molar-refractivity contribution < 1.29 is 4.74 Å². The van der Waals surface area contributed by atoms with Gasteiger partial charge in [-0.15, -0.1) is 11.3 Å². The molecule has 5 nitrogen and oxygen atoms in total. The number of thiophene rings is 1. The summed E-state index contributed by atoms with van der Waals surface area (Å²) in [6.45, 7) is 0. The van der Waals surface area contributed by atoms with Crippen molar-refractivity contribution >= 4 is 27.4 Å². The summed E-state index contributed by atoms with van der Waals surface area (Å²) in [4.78, 5) is 14.3. The molecular weight excluding hydrogens is 272 g/mol. The highest BCUT2D eigenvalue weighted by Crippen LogP contribution is 2.25. The Labute approximate surface area is 120 Å². The molecule has 0 bridgehead atoms. The second-order valence-corrected chi connectivity index (χ2v) is 5.16. The van der Waals surface area contributed by atoms with Crippen LogP contribution in [0.5, 0.6) is 5.88 Å². The van der Waals surface area contributed by atoms with Crippen molar-refractivity contribution in [3.8, 4) is 5.88 Å². The molecule has 1 N–H and O–H groups in total. The lowest BCUT2D eigenvalue weighted by atomic mass is 10.2. The zero-order valence-corrected chi connectivity index (χ0v) is 12.1.